The Morgan fingerprint density at radius 3 is 2.29 bits per heavy atom. The third kappa shape index (κ3) is 6.65. The van der Waals surface area contributed by atoms with E-state index in [9.17, 15) is 44.7 Å². The Labute approximate surface area is 196 Å². The van der Waals surface area contributed by atoms with Crippen molar-refractivity contribution in [3.63, 3.8) is 0 Å². The minimum atomic E-state index is -2.65. The minimum absolute atomic E-state index is 0.0706. The van der Waals surface area contributed by atoms with Crippen LogP contribution in [0.3, 0.4) is 0 Å². The summed E-state index contributed by atoms with van der Waals surface area (Å²) in [6, 6.07) is 3.96. The van der Waals surface area contributed by atoms with Gasteiger partial charge in [0.05, 0.1) is 7.11 Å². The fraction of sp³-hybridized carbons (Fsp3) is 0.400. The maximum Gasteiger partial charge on any atom is 0.353 e. The van der Waals surface area contributed by atoms with E-state index in [4.69, 9.17) is 19.7 Å². The molecule has 0 bridgehead atoms. The SMILES string of the molecule is COc1cc(/C=C/C(=O)OC(C(=O)OC2OC(C(=O)O)C(O)C(O)C2O)C(O)C(=O)O)ccc1O. The largest absolute Gasteiger partial charge is 0.504 e. The third-order valence-corrected chi connectivity index (χ3v) is 4.68. The molecule has 1 aromatic rings. The van der Waals surface area contributed by atoms with Gasteiger partial charge in [0, 0.05) is 6.08 Å². The number of ether oxygens (including phenoxy) is 4. The molecule has 1 aliphatic heterocycles. The lowest BCUT2D eigenvalue weighted by Crippen LogP contribution is -2.61. The molecule has 0 amide bonds. The summed E-state index contributed by atoms with van der Waals surface area (Å²) in [5.74, 6) is -7.01. The van der Waals surface area contributed by atoms with Crippen LogP contribution in [0.2, 0.25) is 0 Å². The molecule has 0 aliphatic carbocycles. The van der Waals surface area contributed by atoms with E-state index in [2.05, 4.69) is 9.47 Å². The topological polar surface area (TPSA) is 247 Å². The number of rotatable bonds is 9. The number of aliphatic hydroxyl groups is 4. The standard InChI is InChI=1S/C20H22O15/c1-32-9-6-7(2-4-8(9)21)3-5-10(22)33-16(14(26)17(27)28)19(31)35-20-13(25)11(23)12(24)15(34-20)18(29)30/h2-6,11-16,20-21,23-26H,1H3,(H,27,28)(H,29,30)/b5-3+. The number of aromatic hydroxyl groups is 1. The van der Waals surface area contributed by atoms with Gasteiger partial charge in [0.1, 0.15) is 18.3 Å². The van der Waals surface area contributed by atoms with Crippen LogP contribution in [0, 0.1) is 0 Å². The van der Waals surface area contributed by atoms with Crippen LogP contribution in [0.25, 0.3) is 6.08 Å². The molecular weight excluding hydrogens is 480 g/mol. The number of phenolic OH excluding ortho intramolecular Hbond substituents is 1. The maximum absolute atomic E-state index is 12.4. The van der Waals surface area contributed by atoms with Crippen molar-refractivity contribution >= 4 is 30.0 Å². The van der Waals surface area contributed by atoms with Gasteiger partial charge in [-0.1, -0.05) is 6.07 Å². The number of hydrogen-bond donors (Lipinski definition) is 7. The van der Waals surface area contributed by atoms with Gasteiger partial charge in [-0.05, 0) is 23.8 Å². The van der Waals surface area contributed by atoms with Gasteiger partial charge in [-0.25, -0.2) is 19.2 Å². The number of carbonyl (C=O) groups is 4. The Morgan fingerprint density at radius 2 is 1.71 bits per heavy atom. The van der Waals surface area contributed by atoms with E-state index in [1.54, 1.807) is 0 Å². The molecule has 1 aliphatic rings. The normalized spacial score (nSPS) is 25.9. The van der Waals surface area contributed by atoms with Crippen molar-refractivity contribution in [2.24, 2.45) is 0 Å². The Hall–Kier alpha value is -3.76. The fourth-order valence-electron chi connectivity index (χ4n) is 2.83. The van der Waals surface area contributed by atoms with Crippen LogP contribution in [0.1, 0.15) is 5.56 Å². The zero-order valence-electron chi connectivity index (χ0n) is 17.8. The average Bonchev–Trinajstić information content (AvgIpc) is 2.81. The highest BCUT2D eigenvalue weighted by atomic mass is 16.7. The molecule has 7 unspecified atom stereocenters. The predicted molar refractivity (Wildman–Crippen MR) is 108 cm³/mol. The zero-order chi connectivity index (χ0) is 26.4. The van der Waals surface area contributed by atoms with Crippen LogP contribution < -0.4 is 4.74 Å². The molecule has 0 saturated carbocycles. The molecule has 1 fully saturated rings. The molecule has 1 heterocycles. The average molecular weight is 502 g/mol. The van der Waals surface area contributed by atoms with Gasteiger partial charge in [-0.3, -0.25) is 0 Å². The van der Waals surface area contributed by atoms with E-state index in [-0.39, 0.29) is 11.5 Å². The Bertz CT molecular complexity index is 989. The van der Waals surface area contributed by atoms with E-state index in [1.807, 2.05) is 0 Å². The summed E-state index contributed by atoms with van der Waals surface area (Å²) in [5.41, 5.74) is 0.320. The molecule has 7 atom stereocenters. The number of methoxy groups -OCH3 is 1. The number of aliphatic carboxylic acids is 2. The molecule has 15 nitrogen and oxygen atoms in total. The molecule has 1 aromatic carbocycles. The van der Waals surface area contributed by atoms with Crippen molar-refractivity contribution in [3.05, 3.63) is 29.8 Å². The molecule has 192 valence electrons. The number of esters is 2. The number of benzene rings is 1. The molecular formula is C20H22O15. The van der Waals surface area contributed by atoms with Gasteiger partial charge >= 0.3 is 23.9 Å². The molecule has 35 heavy (non-hydrogen) atoms. The van der Waals surface area contributed by atoms with Crippen LogP contribution in [0.4, 0.5) is 0 Å². The first-order chi connectivity index (χ1) is 16.4. The second-order valence-corrected chi connectivity index (χ2v) is 7.08. The van der Waals surface area contributed by atoms with Crippen LogP contribution in [-0.2, 0) is 33.4 Å². The molecule has 2 rings (SSSR count). The second-order valence-electron chi connectivity index (χ2n) is 7.08. The highest BCUT2D eigenvalue weighted by molar-refractivity contribution is 5.91. The van der Waals surface area contributed by atoms with Crippen LogP contribution in [0.5, 0.6) is 11.5 Å². The molecule has 0 aromatic heterocycles. The minimum Gasteiger partial charge on any atom is -0.504 e. The summed E-state index contributed by atoms with van der Waals surface area (Å²) in [6.45, 7) is 0. The van der Waals surface area contributed by atoms with Crippen LogP contribution in [-0.4, -0.2) is 110 Å². The molecule has 0 spiro atoms. The Balaban J connectivity index is 2.17. The first-order valence-corrected chi connectivity index (χ1v) is 9.66. The van der Waals surface area contributed by atoms with Gasteiger partial charge in [0.25, 0.3) is 0 Å². The Morgan fingerprint density at radius 1 is 1.06 bits per heavy atom. The quantitative estimate of drug-likeness (QED) is 0.133. The van der Waals surface area contributed by atoms with Crippen LogP contribution >= 0.6 is 0 Å². The maximum atomic E-state index is 12.4. The lowest BCUT2D eigenvalue weighted by atomic mass is 9.99. The predicted octanol–water partition coefficient (Wildman–Crippen LogP) is -2.79. The van der Waals surface area contributed by atoms with E-state index in [0.717, 1.165) is 12.2 Å². The van der Waals surface area contributed by atoms with E-state index in [1.165, 1.54) is 25.3 Å². The highest BCUT2D eigenvalue weighted by Crippen LogP contribution is 2.27. The van der Waals surface area contributed by atoms with Gasteiger partial charge in [-0.15, -0.1) is 0 Å². The lowest BCUT2D eigenvalue weighted by molar-refractivity contribution is -0.289. The molecule has 7 N–H and O–H groups in total. The van der Waals surface area contributed by atoms with E-state index < -0.39 is 66.8 Å². The number of phenols is 1. The van der Waals surface area contributed by atoms with Crippen molar-refractivity contribution in [2.45, 2.75) is 42.9 Å². The Kier molecular flexibility index (Phi) is 9.10. The first kappa shape index (κ1) is 27.5. The molecule has 15 heteroatoms. The van der Waals surface area contributed by atoms with E-state index in [0.29, 0.717) is 5.56 Å². The highest BCUT2D eigenvalue weighted by Gasteiger charge is 2.50. The monoisotopic (exact) mass is 502 g/mol. The van der Waals surface area contributed by atoms with Gasteiger partial charge < -0.3 is 54.7 Å². The van der Waals surface area contributed by atoms with Gasteiger partial charge in [0.2, 0.25) is 12.4 Å². The number of carboxylic acid groups (broad SMARTS) is 2. The van der Waals surface area contributed by atoms with Crippen molar-refractivity contribution in [3.8, 4) is 11.5 Å². The second kappa shape index (κ2) is 11.6. The summed E-state index contributed by atoms with van der Waals surface area (Å²) >= 11 is 0. The van der Waals surface area contributed by atoms with Crippen LogP contribution in [0.15, 0.2) is 24.3 Å². The number of aliphatic hydroxyl groups excluding tert-OH is 4. The number of carbonyl (C=O) groups excluding carboxylic acids is 2. The van der Waals surface area contributed by atoms with Crippen molar-refractivity contribution < 1.29 is 73.9 Å². The smallest absolute Gasteiger partial charge is 0.353 e. The molecule has 1 saturated heterocycles. The van der Waals surface area contributed by atoms with Crippen molar-refractivity contribution in [2.75, 3.05) is 7.11 Å². The van der Waals surface area contributed by atoms with Crippen molar-refractivity contribution in [1.82, 2.24) is 0 Å². The summed E-state index contributed by atoms with van der Waals surface area (Å²) in [5, 5.41) is 66.7. The van der Waals surface area contributed by atoms with Gasteiger partial charge in [-0.2, -0.15) is 0 Å². The van der Waals surface area contributed by atoms with Crippen molar-refractivity contribution in [1.29, 1.82) is 0 Å². The first-order valence-electron chi connectivity index (χ1n) is 9.66. The summed E-state index contributed by atoms with van der Waals surface area (Å²) in [6.07, 6.45) is -14.1. The fourth-order valence-corrected chi connectivity index (χ4v) is 2.83. The summed E-state index contributed by atoms with van der Waals surface area (Å²) < 4.78 is 18.9. The summed E-state index contributed by atoms with van der Waals surface area (Å²) in [7, 11) is 1.28. The molecule has 0 radical (unpaired) electrons. The lowest BCUT2D eigenvalue weighted by Gasteiger charge is -2.38. The summed E-state index contributed by atoms with van der Waals surface area (Å²) in [4.78, 5) is 46.9. The zero-order valence-corrected chi connectivity index (χ0v) is 17.8. The van der Waals surface area contributed by atoms with E-state index >= 15 is 0 Å². The number of hydrogen-bond acceptors (Lipinski definition) is 13. The van der Waals surface area contributed by atoms with Gasteiger partial charge in [0.15, 0.2) is 23.7 Å². The third-order valence-electron chi connectivity index (χ3n) is 4.68. The number of carboxylic acids is 2.